The van der Waals surface area contributed by atoms with Gasteiger partial charge in [-0.05, 0) is 42.3 Å². The van der Waals surface area contributed by atoms with Gasteiger partial charge in [0, 0.05) is 23.2 Å². The fourth-order valence-corrected chi connectivity index (χ4v) is 7.09. The zero-order valence-corrected chi connectivity index (χ0v) is 18.7. The van der Waals surface area contributed by atoms with Gasteiger partial charge in [0.1, 0.15) is 12.4 Å². The smallest absolute Gasteiger partial charge is 0.410 e. The Morgan fingerprint density at radius 1 is 1.43 bits per heavy atom. The first kappa shape index (κ1) is 22.5. The summed E-state index contributed by atoms with van der Waals surface area (Å²) in [5, 5.41) is 12.9. The van der Waals surface area contributed by atoms with Crippen molar-refractivity contribution in [2.75, 3.05) is 6.54 Å². The fourth-order valence-electron chi connectivity index (χ4n) is 3.03. The standard InChI is InChI=1S/C18H21N3O6S3/c1-3-19-15-7-11(2)30(25)17-14(15)9-16(28-17)29-20-18(22)27-13-6-4-5-12(8-13)10-26-21(23)24/h4-6,8-9,11,15,19H,3,7,10H2,1-2H3,(H,20,22). The molecular weight excluding hydrogens is 450 g/mol. The number of hydrogen-bond acceptors (Lipinski definition) is 9. The van der Waals surface area contributed by atoms with Gasteiger partial charge in [-0.2, -0.15) is 0 Å². The van der Waals surface area contributed by atoms with Crippen LogP contribution in [0.2, 0.25) is 0 Å². The molecule has 2 aromatic rings. The molecule has 1 aliphatic rings. The van der Waals surface area contributed by atoms with Gasteiger partial charge in [-0.25, -0.2) is 4.79 Å². The van der Waals surface area contributed by atoms with Crippen molar-refractivity contribution in [1.29, 1.82) is 0 Å². The van der Waals surface area contributed by atoms with Gasteiger partial charge < -0.3 is 14.9 Å². The Labute approximate surface area is 184 Å². The summed E-state index contributed by atoms with van der Waals surface area (Å²) in [4.78, 5) is 26.7. The van der Waals surface area contributed by atoms with E-state index in [1.807, 2.05) is 19.9 Å². The fraction of sp³-hybridized carbons (Fsp3) is 0.389. The van der Waals surface area contributed by atoms with Crippen molar-refractivity contribution in [2.24, 2.45) is 0 Å². The highest BCUT2D eigenvalue weighted by Crippen LogP contribution is 2.42. The molecule has 0 saturated heterocycles. The van der Waals surface area contributed by atoms with Crippen LogP contribution in [0.15, 0.2) is 38.8 Å². The number of nitrogens with zero attached hydrogens (tertiary/aromatic N) is 1. The van der Waals surface area contributed by atoms with Crippen LogP contribution in [0.4, 0.5) is 4.79 Å². The Balaban J connectivity index is 1.60. The minimum atomic E-state index is -1.06. The quantitative estimate of drug-likeness (QED) is 0.339. The van der Waals surface area contributed by atoms with Crippen LogP contribution in [-0.4, -0.2) is 27.2 Å². The van der Waals surface area contributed by atoms with Crippen LogP contribution >= 0.6 is 23.3 Å². The van der Waals surface area contributed by atoms with E-state index in [0.29, 0.717) is 5.56 Å². The molecule has 9 nitrogen and oxygen atoms in total. The number of thiophene rings is 1. The van der Waals surface area contributed by atoms with Crippen LogP contribution in [0, 0.1) is 10.1 Å². The Bertz CT molecular complexity index is 951. The van der Waals surface area contributed by atoms with Crippen molar-refractivity contribution in [1.82, 2.24) is 10.0 Å². The molecule has 3 atom stereocenters. The summed E-state index contributed by atoms with van der Waals surface area (Å²) in [6.07, 6.45) is 0.122. The molecule has 0 spiro atoms. The van der Waals surface area contributed by atoms with Crippen LogP contribution < -0.4 is 14.8 Å². The average molecular weight is 472 g/mol. The number of benzene rings is 1. The first-order chi connectivity index (χ1) is 14.4. The topological polar surface area (TPSA) is 120 Å². The molecule has 0 aliphatic carbocycles. The first-order valence-electron chi connectivity index (χ1n) is 9.16. The molecular formula is C18H21N3O6S3. The summed E-state index contributed by atoms with van der Waals surface area (Å²) in [6, 6.07) is 8.40. The second-order valence-corrected chi connectivity index (χ2v) is 10.7. The molecule has 1 amide bonds. The SMILES string of the molecule is CCNC1CC(C)S(=O)c2sc(SNC(=O)Oc3cccc(CO[N+](=O)[O-])c3)cc21. The van der Waals surface area contributed by atoms with Crippen molar-refractivity contribution in [3.8, 4) is 5.75 Å². The number of amides is 1. The number of hydrogen-bond donors (Lipinski definition) is 2. The normalized spacial score (nSPS) is 20.3. The predicted octanol–water partition coefficient (Wildman–Crippen LogP) is 3.80. The molecule has 3 rings (SSSR count). The minimum Gasteiger partial charge on any atom is -0.410 e. The van der Waals surface area contributed by atoms with Crippen LogP contribution in [-0.2, 0) is 22.2 Å². The van der Waals surface area contributed by atoms with Gasteiger partial charge in [-0.15, -0.1) is 21.5 Å². The van der Waals surface area contributed by atoms with Gasteiger partial charge in [-0.3, -0.25) is 8.93 Å². The summed E-state index contributed by atoms with van der Waals surface area (Å²) >= 11 is 2.51. The minimum absolute atomic E-state index is 0.0718. The molecule has 2 heterocycles. The highest BCUT2D eigenvalue weighted by atomic mass is 32.2. The summed E-state index contributed by atoms with van der Waals surface area (Å²) in [5.41, 5.74) is 1.52. The molecule has 0 fully saturated rings. The van der Waals surface area contributed by atoms with Crippen molar-refractivity contribution in [3.05, 3.63) is 51.6 Å². The lowest BCUT2D eigenvalue weighted by atomic mass is 10.1. The van der Waals surface area contributed by atoms with Gasteiger partial charge in [0.2, 0.25) is 0 Å². The third-order valence-electron chi connectivity index (χ3n) is 4.32. The van der Waals surface area contributed by atoms with E-state index in [1.165, 1.54) is 17.4 Å². The Kier molecular flexibility index (Phi) is 7.69. The van der Waals surface area contributed by atoms with Crippen LogP contribution in [0.3, 0.4) is 0 Å². The maximum atomic E-state index is 12.6. The summed E-state index contributed by atoms with van der Waals surface area (Å²) in [5.74, 6) is 0.241. The first-order valence-corrected chi connectivity index (χ1v) is 12.0. The molecule has 2 N–H and O–H groups in total. The zero-order valence-electron chi connectivity index (χ0n) is 16.3. The number of rotatable bonds is 8. The van der Waals surface area contributed by atoms with Gasteiger partial charge in [0.05, 0.1) is 19.2 Å². The third kappa shape index (κ3) is 5.72. The highest BCUT2D eigenvalue weighted by Gasteiger charge is 2.32. The number of nitrogens with one attached hydrogen (secondary N) is 2. The largest absolute Gasteiger partial charge is 0.422 e. The monoisotopic (exact) mass is 471 g/mol. The molecule has 3 unspecified atom stereocenters. The molecule has 0 bridgehead atoms. The molecule has 0 saturated carbocycles. The number of fused-ring (bicyclic) bond motifs is 1. The van der Waals surface area contributed by atoms with E-state index in [-0.39, 0.29) is 23.6 Å². The molecule has 1 aliphatic heterocycles. The number of carbonyl (C=O) groups is 1. The Hall–Kier alpha value is -2.15. The lowest BCUT2D eigenvalue weighted by Gasteiger charge is -2.27. The Morgan fingerprint density at radius 3 is 2.97 bits per heavy atom. The van der Waals surface area contributed by atoms with E-state index < -0.39 is 22.0 Å². The van der Waals surface area contributed by atoms with E-state index in [9.17, 15) is 19.1 Å². The number of carbonyl (C=O) groups excluding carboxylic acids is 1. The van der Waals surface area contributed by atoms with Crippen molar-refractivity contribution < 1.29 is 23.7 Å². The van der Waals surface area contributed by atoms with Crippen molar-refractivity contribution in [3.63, 3.8) is 0 Å². The lowest BCUT2D eigenvalue weighted by Crippen LogP contribution is -2.30. The zero-order chi connectivity index (χ0) is 21.7. The molecule has 0 radical (unpaired) electrons. The highest BCUT2D eigenvalue weighted by molar-refractivity contribution is 8.00. The second-order valence-electron chi connectivity index (χ2n) is 6.50. The summed E-state index contributed by atoms with van der Waals surface area (Å²) < 4.78 is 22.1. The van der Waals surface area contributed by atoms with Crippen LogP contribution in [0.25, 0.3) is 0 Å². The van der Waals surface area contributed by atoms with Gasteiger partial charge in [0.25, 0.3) is 5.09 Å². The summed E-state index contributed by atoms with van der Waals surface area (Å²) in [6.45, 7) is 4.60. The van der Waals surface area contributed by atoms with Gasteiger partial charge >= 0.3 is 6.09 Å². The van der Waals surface area contributed by atoms with Crippen LogP contribution in [0.5, 0.6) is 5.75 Å². The maximum absolute atomic E-state index is 12.6. The third-order valence-corrected chi connectivity index (χ3v) is 8.42. The Morgan fingerprint density at radius 2 is 2.23 bits per heavy atom. The van der Waals surface area contributed by atoms with Gasteiger partial charge in [-0.1, -0.05) is 26.0 Å². The molecule has 1 aromatic heterocycles. The van der Waals surface area contributed by atoms with Crippen molar-refractivity contribution in [2.45, 2.75) is 46.6 Å². The van der Waals surface area contributed by atoms with Crippen LogP contribution in [0.1, 0.15) is 37.4 Å². The lowest BCUT2D eigenvalue weighted by molar-refractivity contribution is -0.763. The molecule has 30 heavy (non-hydrogen) atoms. The average Bonchev–Trinajstić information content (AvgIpc) is 3.14. The molecule has 1 aromatic carbocycles. The second kappa shape index (κ2) is 10.2. The van der Waals surface area contributed by atoms with Crippen molar-refractivity contribution >= 4 is 40.2 Å². The van der Waals surface area contributed by atoms with E-state index in [1.54, 1.807) is 18.2 Å². The number of ether oxygens (including phenoxy) is 1. The maximum Gasteiger partial charge on any atom is 0.422 e. The van der Waals surface area contributed by atoms with E-state index in [2.05, 4.69) is 14.9 Å². The van der Waals surface area contributed by atoms with Gasteiger partial charge in [0.15, 0.2) is 0 Å². The predicted molar refractivity (Wildman–Crippen MR) is 114 cm³/mol. The van der Waals surface area contributed by atoms with E-state index in [4.69, 9.17) is 4.74 Å². The molecule has 162 valence electrons. The summed E-state index contributed by atoms with van der Waals surface area (Å²) in [7, 11) is -1.06. The van der Waals surface area contributed by atoms with E-state index in [0.717, 1.165) is 38.9 Å². The van der Waals surface area contributed by atoms with E-state index >= 15 is 0 Å². The molecule has 12 heteroatoms.